The largest absolute Gasteiger partial charge is 0.496 e. The number of hydrogen-bond donors (Lipinski definition) is 0. The Hall–Kier alpha value is -4.39. The Morgan fingerprint density at radius 1 is 1.08 bits per heavy atom. The number of hydrogen-bond acceptors (Lipinski definition) is 6. The second-order valence-electron chi connectivity index (χ2n) is 9.52. The number of nitrogens with zero attached hydrogens (tertiary/aromatic N) is 3. The molecule has 0 aliphatic rings. The molecule has 202 valence electrons. The molecule has 0 saturated carbocycles. The molecule has 0 aliphatic heterocycles. The zero-order valence-corrected chi connectivity index (χ0v) is 23.4. The smallest absolute Gasteiger partial charge is 0.282 e. The Balaban J connectivity index is 1.96. The lowest BCUT2D eigenvalue weighted by atomic mass is 9.96. The summed E-state index contributed by atoms with van der Waals surface area (Å²) >= 11 is 0. The van der Waals surface area contributed by atoms with Crippen molar-refractivity contribution in [3.8, 4) is 28.6 Å². The highest BCUT2D eigenvalue weighted by atomic mass is 16.5. The third-order valence-electron chi connectivity index (χ3n) is 6.54. The molecule has 0 unspecified atom stereocenters. The average Bonchev–Trinajstić information content (AvgIpc) is 2.92. The summed E-state index contributed by atoms with van der Waals surface area (Å²) in [4.78, 5) is 18.7. The Bertz CT molecular complexity index is 1600. The van der Waals surface area contributed by atoms with E-state index in [1.54, 1.807) is 26.5 Å². The molecule has 0 N–H and O–H groups in total. The molecular formula is C32H35N3O4. The van der Waals surface area contributed by atoms with Crippen LogP contribution in [0.3, 0.4) is 0 Å². The third-order valence-corrected chi connectivity index (χ3v) is 6.54. The molecule has 0 bridgehead atoms. The van der Waals surface area contributed by atoms with Crippen LogP contribution in [-0.2, 0) is 6.42 Å². The van der Waals surface area contributed by atoms with Crippen molar-refractivity contribution in [2.75, 3.05) is 20.8 Å². The fourth-order valence-corrected chi connectivity index (χ4v) is 4.66. The Labute approximate surface area is 229 Å². The average molecular weight is 526 g/mol. The topological polar surface area (TPSA) is 74.9 Å². The second kappa shape index (κ2) is 12.0. The first-order valence-corrected chi connectivity index (χ1v) is 13.0. The molecule has 0 fully saturated rings. The van der Waals surface area contributed by atoms with Crippen molar-refractivity contribution in [2.24, 2.45) is 5.10 Å². The molecule has 0 aliphatic carbocycles. The highest BCUT2D eigenvalue weighted by Crippen LogP contribution is 2.35. The lowest BCUT2D eigenvalue weighted by molar-refractivity contribution is 0.309. The van der Waals surface area contributed by atoms with E-state index in [0.29, 0.717) is 41.3 Å². The van der Waals surface area contributed by atoms with Crippen LogP contribution >= 0.6 is 0 Å². The lowest BCUT2D eigenvalue weighted by Gasteiger charge is -2.17. The van der Waals surface area contributed by atoms with Gasteiger partial charge in [0.1, 0.15) is 5.75 Å². The number of methoxy groups -OCH3 is 2. The highest BCUT2D eigenvalue weighted by molar-refractivity contribution is 5.83. The van der Waals surface area contributed by atoms with E-state index in [4.69, 9.17) is 19.2 Å². The number of rotatable bonds is 10. The first-order chi connectivity index (χ1) is 18.8. The lowest BCUT2D eigenvalue weighted by Crippen LogP contribution is -2.21. The molecular weight excluding hydrogens is 490 g/mol. The van der Waals surface area contributed by atoms with Crippen molar-refractivity contribution in [2.45, 2.75) is 40.0 Å². The number of ether oxygens (including phenoxy) is 3. The maximum Gasteiger partial charge on any atom is 0.282 e. The highest BCUT2D eigenvalue weighted by Gasteiger charge is 2.19. The van der Waals surface area contributed by atoms with Crippen molar-refractivity contribution in [3.63, 3.8) is 0 Å². The van der Waals surface area contributed by atoms with Gasteiger partial charge in [-0.1, -0.05) is 32.1 Å². The fourth-order valence-electron chi connectivity index (χ4n) is 4.66. The van der Waals surface area contributed by atoms with Gasteiger partial charge in [0.05, 0.1) is 37.9 Å². The zero-order chi connectivity index (χ0) is 28.1. The quantitative estimate of drug-likeness (QED) is 0.174. The summed E-state index contributed by atoms with van der Waals surface area (Å²) in [5.41, 5.74) is 4.81. The second-order valence-corrected chi connectivity index (χ2v) is 9.52. The first-order valence-electron chi connectivity index (χ1n) is 13.0. The number of para-hydroxylation sites is 1. The number of benzene rings is 3. The van der Waals surface area contributed by atoms with Gasteiger partial charge in [-0.3, -0.25) is 4.79 Å². The monoisotopic (exact) mass is 525 g/mol. The first kappa shape index (κ1) is 27.6. The summed E-state index contributed by atoms with van der Waals surface area (Å²) in [5.74, 6) is 2.75. The molecule has 4 aromatic rings. The Morgan fingerprint density at radius 3 is 2.51 bits per heavy atom. The van der Waals surface area contributed by atoms with Crippen LogP contribution in [-0.4, -0.2) is 36.7 Å². The number of allylic oxidation sites excluding steroid dienone is 1. The molecule has 0 spiro atoms. The van der Waals surface area contributed by atoms with Crippen LogP contribution in [0.5, 0.6) is 17.2 Å². The summed E-state index contributed by atoms with van der Waals surface area (Å²) in [7, 11) is 3.29. The SMILES string of the molecule is C=CCc1cc(C=Nn2c(-c3cc(C(C)C)c(OC)cc3C)nc3ccccc3c2=O)cc(OCC)c1OC. The van der Waals surface area contributed by atoms with Crippen LogP contribution in [0.1, 0.15) is 48.9 Å². The fraction of sp³-hybridized carbons (Fsp3) is 0.281. The van der Waals surface area contributed by atoms with Crippen LogP contribution in [0, 0.1) is 6.92 Å². The van der Waals surface area contributed by atoms with Gasteiger partial charge in [0.15, 0.2) is 17.3 Å². The van der Waals surface area contributed by atoms with Crippen molar-refractivity contribution >= 4 is 17.1 Å². The van der Waals surface area contributed by atoms with Crippen LogP contribution in [0.25, 0.3) is 22.3 Å². The zero-order valence-electron chi connectivity index (χ0n) is 23.4. The predicted octanol–water partition coefficient (Wildman–Crippen LogP) is 6.52. The van der Waals surface area contributed by atoms with E-state index in [9.17, 15) is 4.79 Å². The van der Waals surface area contributed by atoms with Gasteiger partial charge in [0.25, 0.3) is 5.56 Å². The Kier molecular flexibility index (Phi) is 8.49. The minimum atomic E-state index is -0.252. The van der Waals surface area contributed by atoms with Crippen LogP contribution in [0.4, 0.5) is 0 Å². The van der Waals surface area contributed by atoms with Gasteiger partial charge in [-0.05, 0) is 79.3 Å². The maximum atomic E-state index is 13.8. The number of aryl methyl sites for hydroxylation is 1. The predicted molar refractivity (Wildman–Crippen MR) is 158 cm³/mol. The third kappa shape index (κ3) is 5.58. The van der Waals surface area contributed by atoms with Gasteiger partial charge in [0.2, 0.25) is 0 Å². The molecule has 0 atom stereocenters. The minimum Gasteiger partial charge on any atom is -0.496 e. The summed E-state index contributed by atoms with van der Waals surface area (Å²) in [6.45, 7) is 12.5. The minimum absolute atomic E-state index is 0.211. The van der Waals surface area contributed by atoms with E-state index in [1.165, 1.54) is 4.68 Å². The van der Waals surface area contributed by atoms with Crippen LogP contribution in [0.2, 0.25) is 0 Å². The van der Waals surface area contributed by atoms with Gasteiger partial charge >= 0.3 is 0 Å². The Morgan fingerprint density at radius 2 is 1.85 bits per heavy atom. The summed E-state index contributed by atoms with van der Waals surface area (Å²) in [5, 5.41) is 5.17. The molecule has 3 aromatic carbocycles. The molecule has 1 aromatic heterocycles. The molecule has 4 rings (SSSR count). The van der Waals surface area contributed by atoms with Crippen LogP contribution < -0.4 is 19.8 Å². The van der Waals surface area contributed by atoms with Gasteiger partial charge < -0.3 is 14.2 Å². The van der Waals surface area contributed by atoms with Gasteiger partial charge in [0, 0.05) is 11.1 Å². The molecule has 0 radical (unpaired) electrons. The molecule has 7 nitrogen and oxygen atoms in total. The summed E-state index contributed by atoms with van der Waals surface area (Å²) < 4.78 is 18.5. The van der Waals surface area contributed by atoms with E-state index in [0.717, 1.165) is 33.6 Å². The van der Waals surface area contributed by atoms with Crippen molar-refractivity contribution < 1.29 is 14.2 Å². The normalized spacial score (nSPS) is 11.4. The molecule has 0 saturated heterocycles. The van der Waals surface area contributed by atoms with Crippen molar-refractivity contribution in [1.29, 1.82) is 0 Å². The van der Waals surface area contributed by atoms with Gasteiger partial charge in [-0.15, -0.1) is 6.58 Å². The van der Waals surface area contributed by atoms with Gasteiger partial charge in [-0.2, -0.15) is 9.78 Å². The van der Waals surface area contributed by atoms with Crippen molar-refractivity contribution in [1.82, 2.24) is 9.66 Å². The van der Waals surface area contributed by atoms with E-state index in [1.807, 2.05) is 62.4 Å². The summed E-state index contributed by atoms with van der Waals surface area (Å²) in [6, 6.07) is 15.2. The van der Waals surface area contributed by atoms with E-state index in [2.05, 4.69) is 25.5 Å². The van der Waals surface area contributed by atoms with Crippen molar-refractivity contribution in [3.05, 3.63) is 93.8 Å². The van der Waals surface area contributed by atoms with E-state index < -0.39 is 0 Å². The standard InChI is InChI=1S/C32H35N3O4/c1-8-12-23-16-22(17-29(39-9-2)30(23)38-7)19-33-35-31(34-27-14-11-10-13-24(27)32(35)36)26-18-25(20(3)4)28(37-6)15-21(26)5/h8,10-11,13-20H,1,9,12H2,2-7H3. The molecule has 7 heteroatoms. The van der Waals surface area contributed by atoms with E-state index >= 15 is 0 Å². The van der Waals surface area contributed by atoms with Gasteiger partial charge in [-0.25, -0.2) is 4.98 Å². The van der Waals surface area contributed by atoms with Crippen LogP contribution in [0.15, 0.2) is 71.1 Å². The molecule has 0 amide bonds. The number of fused-ring (bicyclic) bond motifs is 1. The molecule has 1 heterocycles. The molecule has 39 heavy (non-hydrogen) atoms. The number of aromatic nitrogens is 2. The maximum absolute atomic E-state index is 13.8. The summed E-state index contributed by atoms with van der Waals surface area (Å²) in [6.07, 6.45) is 4.05. The van der Waals surface area contributed by atoms with E-state index in [-0.39, 0.29) is 11.5 Å².